The number of nitrogens with one attached hydrogen (secondary N) is 1. The first-order valence-electron chi connectivity index (χ1n) is 6.67. The molecule has 4 heteroatoms. The van der Waals surface area contributed by atoms with Crippen LogP contribution in [0.2, 0.25) is 0 Å². The van der Waals surface area contributed by atoms with Gasteiger partial charge >= 0.3 is 0 Å². The molecule has 0 spiro atoms. The summed E-state index contributed by atoms with van der Waals surface area (Å²) in [6.45, 7) is 2.83. The summed E-state index contributed by atoms with van der Waals surface area (Å²) in [6, 6.07) is 8.38. The molecule has 2 rings (SSSR count). The van der Waals surface area contributed by atoms with Crippen LogP contribution in [-0.2, 0) is 0 Å². The van der Waals surface area contributed by atoms with E-state index in [9.17, 15) is 0 Å². The number of methoxy groups -OCH3 is 1. The maximum Gasteiger partial charge on any atom is 0.134 e. The van der Waals surface area contributed by atoms with Crippen LogP contribution in [-0.4, -0.2) is 24.7 Å². The van der Waals surface area contributed by atoms with E-state index >= 15 is 0 Å². The molecule has 2 aromatic rings. The fraction of sp³-hybridized carbons (Fsp3) is 0.400. The van der Waals surface area contributed by atoms with Gasteiger partial charge in [0.15, 0.2) is 0 Å². The van der Waals surface area contributed by atoms with Crippen molar-refractivity contribution in [2.45, 2.75) is 25.8 Å². The highest BCUT2D eigenvalue weighted by molar-refractivity contribution is 5.92. The molecular weight excluding hydrogens is 238 g/mol. The van der Waals surface area contributed by atoms with Crippen LogP contribution < -0.4 is 15.8 Å². The number of nitrogens with two attached hydrogens (primary N) is 1. The topological polar surface area (TPSA) is 60.2 Å². The second-order valence-corrected chi connectivity index (χ2v) is 4.57. The lowest BCUT2D eigenvalue weighted by atomic mass is 10.1. The molecule has 1 atom stereocenters. The Labute approximate surface area is 114 Å². The Morgan fingerprint density at radius 2 is 2.21 bits per heavy atom. The van der Waals surface area contributed by atoms with Gasteiger partial charge in [0.25, 0.3) is 0 Å². The van der Waals surface area contributed by atoms with Crippen LogP contribution in [0.3, 0.4) is 0 Å². The Kier molecular flexibility index (Phi) is 4.58. The van der Waals surface area contributed by atoms with E-state index < -0.39 is 0 Å². The Bertz CT molecular complexity index is 542. The van der Waals surface area contributed by atoms with Gasteiger partial charge in [-0.2, -0.15) is 0 Å². The monoisotopic (exact) mass is 259 g/mol. The Morgan fingerprint density at radius 3 is 2.89 bits per heavy atom. The first kappa shape index (κ1) is 13.6. The fourth-order valence-electron chi connectivity index (χ4n) is 2.16. The molecule has 1 aromatic carbocycles. The molecule has 3 N–H and O–H groups in total. The van der Waals surface area contributed by atoms with Crippen LogP contribution in [0.15, 0.2) is 30.5 Å². The van der Waals surface area contributed by atoms with Gasteiger partial charge < -0.3 is 15.8 Å². The van der Waals surface area contributed by atoms with Crippen LogP contribution in [0.5, 0.6) is 5.75 Å². The number of benzene rings is 1. The van der Waals surface area contributed by atoms with E-state index in [1.807, 2.05) is 30.5 Å². The summed E-state index contributed by atoms with van der Waals surface area (Å²) in [5.41, 5.74) is 5.64. The summed E-state index contributed by atoms with van der Waals surface area (Å²) >= 11 is 0. The third kappa shape index (κ3) is 3.15. The predicted octanol–water partition coefficient (Wildman–Crippen LogP) is 2.78. The number of fused-ring (bicyclic) bond motifs is 1. The van der Waals surface area contributed by atoms with Gasteiger partial charge in [0.05, 0.1) is 7.11 Å². The average Bonchev–Trinajstić information content (AvgIpc) is 2.46. The van der Waals surface area contributed by atoms with Crippen molar-refractivity contribution in [1.82, 2.24) is 4.98 Å². The summed E-state index contributed by atoms with van der Waals surface area (Å²) in [5.74, 6) is 1.74. The van der Waals surface area contributed by atoms with Crippen molar-refractivity contribution in [3.05, 3.63) is 30.5 Å². The molecule has 19 heavy (non-hydrogen) atoms. The van der Waals surface area contributed by atoms with Gasteiger partial charge in [0, 0.05) is 17.6 Å². The van der Waals surface area contributed by atoms with Gasteiger partial charge in [-0.3, -0.25) is 0 Å². The maximum atomic E-state index is 5.64. The molecule has 102 valence electrons. The number of anilines is 1. The lowest BCUT2D eigenvalue weighted by molar-refractivity contribution is 0.415. The molecule has 0 aliphatic heterocycles. The van der Waals surface area contributed by atoms with Crippen molar-refractivity contribution in [2.24, 2.45) is 5.73 Å². The smallest absolute Gasteiger partial charge is 0.134 e. The quantitative estimate of drug-likeness (QED) is 0.837. The summed E-state index contributed by atoms with van der Waals surface area (Å²) in [6.07, 6.45) is 3.80. The minimum absolute atomic E-state index is 0.356. The number of hydrogen-bond acceptors (Lipinski definition) is 4. The van der Waals surface area contributed by atoms with Crippen molar-refractivity contribution in [3.8, 4) is 5.75 Å². The second-order valence-electron chi connectivity index (χ2n) is 4.57. The van der Waals surface area contributed by atoms with E-state index in [2.05, 4.69) is 17.2 Å². The zero-order valence-electron chi connectivity index (χ0n) is 11.5. The molecule has 1 heterocycles. The number of aromatic nitrogens is 1. The van der Waals surface area contributed by atoms with E-state index in [1.165, 1.54) is 0 Å². The number of ether oxygens (including phenoxy) is 1. The SMILES string of the molecule is CCC(CCN)Nc1nccc2ccc(OC)cc12. The third-order valence-corrected chi connectivity index (χ3v) is 3.32. The predicted molar refractivity (Wildman–Crippen MR) is 79.7 cm³/mol. The summed E-state index contributed by atoms with van der Waals surface area (Å²) < 4.78 is 5.28. The van der Waals surface area contributed by atoms with Crippen LogP contribution in [0, 0.1) is 0 Å². The van der Waals surface area contributed by atoms with E-state index in [1.54, 1.807) is 7.11 Å². The fourth-order valence-corrected chi connectivity index (χ4v) is 2.16. The standard InChI is InChI=1S/C15H21N3O/c1-3-12(6-8-16)18-15-14-10-13(19-2)5-4-11(14)7-9-17-15/h4-5,7,9-10,12H,3,6,8,16H2,1-2H3,(H,17,18). The second kappa shape index (κ2) is 6.38. The maximum absolute atomic E-state index is 5.64. The average molecular weight is 259 g/mol. The molecule has 0 saturated heterocycles. The first-order chi connectivity index (χ1) is 9.28. The van der Waals surface area contributed by atoms with E-state index in [0.29, 0.717) is 12.6 Å². The minimum atomic E-state index is 0.356. The van der Waals surface area contributed by atoms with Gasteiger partial charge in [-0.25, -0.2) is 4.98 Å². The Balaban J connectivity index is 2.35. The molecular formula is C15H21N3O. The zero-order valence-corrected chi connectivity index (χ0v) is 11.5. The molecule has 0 radical (unpaired) electrons. The molecule has 4 nitrogen and oxygen atoms in total. The van der Waals surface area contributed by atoms with Crippen LogP contribution in [0.4, 0.5) is 5.82 Å². The van der Waals surface area contributed by atoms with Crippen molar-refractivity contribution in [2.75, 3.05) is 19.0 Å². The van der Waals surface area contributed by atoms with Crippen molar-refractivity contribution < 1.29 is 4.74 Å². The number of nitrogens with zero attached hydrogens (tertiary/aromatic N) is 1. The van der Waals surface area contributed by atoms with Crippen LogP contribution in [0.25, 0.3) is 10.8 Å². The van der Waals surface area contributed by atoms with Gasteiger partial charge in [0.2, 0.25) is 0 Å². The Hall–Kier alpha value is -1.81. The van der Waals surface area contributed by atoms with Gasteiger partial charge in [-0.15, -0.1) is 0 Å². The molecule has 0 saturated carbocycles. The van der Waals surface area contributed by atoms with Crippen molar-refractivity contribution in [1.29, 1.82) is 0 Å². The molecule has 1 aromatic heterocycles. The van der Waals surface area contributed by atoms with E-state index in [4.69, 9.17) is 10.5 Å². The minimum Gasteiger partial charge on any atom is -0.497 e. The highest BCUT2D eigenvalue weighted by atomic mass is 16.5. The molecule has 0 amide bonds. The number of rotatable bonds is 6. The lowest BCUT2D eigenvalue weighted by Crippen LogP contribution is -2.22. The molecule has 0 bridgehead atoms. The van der Waals surface area contributed by atoms with Gasteiger partial charge in [-0.05, 0) is 43.0 Å². The molecule has 0 fully saturated rings. The number of hydrogen-bond donors (Lipinski definition) is 2. The molecule has 1 unspecified atom stereocenters. The van der Waals surface area contributed by atoms with Gasteiger partial charge in [-0.1, -0.05) is 13.0 Å². The Morgan fingerprint density at radius 1 is 1.37 bits per heavy atom. The third-order valence-electron chi connectivity index (χ3n) is 3.32. The van der Waals surface area contributed by atoms with E-state index in [-0.39, 0.29) is 0 Å². The highest BCUT2D eigenvalue weighted by Gasteiger charge is 2.09. The highest BCUT2D eigenvalue weighted by Crippen LogP contribution is 2.26. The lowest BCUT2D eigenvalue weighted by Gasteiger charge is -2.18. The first-order valence-corrected chi connectivity index (χ1v) is 6.67. The summed E-state index contributed by atoms with van der Waals surface area (Å²) in [7, 11) is 1.67. The van der Waals surface area contributed by atoms with Gasteiger partial charge in [0.1, 0.15) is 11.6 Å². The van der Waals surface area contributed by atoms with Crippen molar-refractivity contribution in [3.63, 3.8) is 0 Å². The zero-order chi connectivity index (χ0) is 13.7. The van der Waals surface area contributed by atoms with Crippen LogP contribution >= 0.6 is 0 Å². The normalized spacial score (nSPS) is 12.4. The molecule has 0 aliphatic carbocycles. The largest absolute Gasteiger partial charge is 0.497 e. The van der Waals surface area contributed by atoms with Crippen LogP contribution in [0.1, 0.15) is 19.8 Å². The summed E-state index contributed by atoms with van der Waals surface area (Å²) in [4.78, 5) is 4.44. The van der Waals surface area contributed by atoms with Crippen molar-refractivity contribution >= 4 is 16.6 Å². The molecule has 0 aliphatic rings. The van der Waals surface area contributed by atoms with E-state index in [0.717, 1.165) is 35.2 Å². The summed E-state index contributed by atoms with van der Waals surface area (Å²) in [5, 5.41) is 5.71. The number of pyridine rings is 1.